The first-order chi connectivity index (χ1) is 11.1. The number of carboxylic acids is 1. The Balaban J connectivity index is 1.70. The van der Waals surface area contributed by atoms with Crippen LogP contribution in [-0.2, 0) is 16.1 Å². The molecule has 7 heteroatoms. The van der Waals surface area contributed by atoms with Crippen molar-refractivity contribution in [1.82, 2.24) is 14.8 Å². The van der Waals surface area contributed by atoms with E-state index in [1.165, 1.54) is 6.33 Å². The second kappa shape index (κ2) is 6.20. The van der Waals surface area contributed by atoms with E-state index >= 15 is 0 Å². The SMILES string of the molecule is O=C(CC1(C(=O)O)CCC1)Nc1ccccc1Cn1cncn1. The molecule has 1 saturated carbocycles. The molecule has 120 valence electrons. The van der Waals surface area contributed by atoms with Gasteiger partial charge in [0, 0.05) is 12.1 Å². The van der Waals surface area contributed by atoms with Gasteiger partial charge in [0.1, 0.15) is 12.7 Å². The van der Waals surface area contributed by atoms with Crippen molar-refractivity contribution < 1.29 is 14.7 Å². The Hall–Kier alpha value is -2.70. The third kappa shape index (κ3) is 3.23. The van der Waals surface area contributed by atoms with Crippen LogP contribution < -0.4 is 5.32 Å². The molecule has 1 aliphatic rings. The molecule has 1 aliphatic carbocycles. The third-order valence-corrected chi connectivity index (χ3v) is 4.35. The molecule has 0 unspecified atom stereocenters. The van der Waals surface area contributed by atoms with E-state index in [0.717, 1.165) is 12.0 Å². The Labute approximate surface area is 133 Å². The molecule has 0 saturated heterocycles. The molecule has 0 spiro atoms. The van der Waals surface area contributed by atoms with E-state index in [2.05, 4.69) is 15.4 Å². The highest BCUT2D eigenvalue weighted by Crippen LogP contribution is 2.44. The number of rotatable bonds is 6. The molecule has 1 heterocycles. The van der Waals surface area contributed by atoms with Crippen molar-refractivity contribution in [2.24, 2.45) is 5.41 Å². The maximum absolute atomic E-state index is 12.3. The Morgan fingerprint density at radius 3 is 2.70 bits per heavy atom. The molecule has 2 aromatic rings. The van der Waals surface area contributed by atoms with Crippen LogP contribution in [0.25, 0.3) is 0 Å². The van der Waals surface area contributed by atoms with Crippen molar-refractivity contribution in [2.45, 2.75) is 32.2 Å². The van der Waals surface area contributed by atoms with Gasteiger partial charge in [-0.05, 0) is 24.5 Å². The largest absolute Gasteiger partial charge is 0.481 e. The van der Waals surface area contributed by atoms with Gasteiger partial charge >= 0.3 is 5.97 Å². The number of carbonyl (C=O) groups excluding carboxylic acids is 1. The summed E-state index contributed by atoms with van der Waals surface area (Å²) in [5, 5.41) is 16.2. The number of carboxylic acid groups (broad SMARTS) is 1. The van der Waals surface area contributed by atoms with E-state index in [0.29, 0.717) is 25.1 Å². The lowest BCUT2D eigenvalue weighted by Crippen LogP contribution is -2.41. The van der Waals surface area contributed by atoms with Crippen molar-refractivity contribution in [3.05, 3.63) is 42.5 Å². The second-order valence-corrected chi connectivity index (χ2v) is 5.91. The number of carbonyl (C=O) groups is 2. The molecule has 0 aliphatic heterocycles. The van der Waals surface area contributed by atoms with Gasteiger partial charge in [0.05, 0.1) is 12.0 Å². The first kappa shape index (κ1) is 15.2. The Kier molecular flexibility index (Phi) is 4.10. The van der Waals surface area contributed by atoms with Crippen LogP contribution in [0.15, 0.2) is 36.9 Å². The maximum Gasteiger partial charge on any atom is 0.310 e. The summed E-state index contributed by atoms with van der Waals surface area (Å²) < 4.78 is 1.66. The minimum atomic E-state index is -0.884. The Morgan fingerprint density at radius 1 is 1.30 bits per heavy atom. The molecule has 1 amide bonds. The Morgan fingerprint density at radius 2 is 2.09 bits per heavy atom. The van der Waals surface area contributed by atoms with E-state index in [-0.39, 0.29) is 12.3 Å². The number of aromatic nitrogens is 3. The van der Waals surface area contributed by atoms with Gasteiger partial charge in [0.15, 0.2) is 0 Å². The molecule has 3 rings (SSSR count). The molecule has 2 N–H and O–H groups in total. The number of benzene rings is 1. The van der Waals surface area contributed by atoms with Gasteiger partial charge in [-0.1, -0.05) is 24.6 Å². The van der Waals surface area contributed by atoms with Gasteiger partial charge in [-0.2, -0.15) is 5.10 Å². The molecule has 7 nitrogen and oxygen atoms in total. The zero-order valence-corrected chi connectivity index (χ0v) is 12.6. The number of hydrogen-bond donors (Lipinski definition) is 2. The minimum Gasteiger partial charge on any atom is -0.481 e. The summed E-state index contributed by atoms with van der Waals surface area (Å²) in [6.45, 7) is 0.487. The predicted molar refractivity (Wildman–Crippen MR) is 82.7 cm³/mol. The average molecular weight is 314 g/mol. The highest BCUT2D eigenvalue weighted by molar-refractivity contribution is 5.95. The van der Waals surface area contributed by atoms with Gasteiger partial charge in [0.25, 0.3) is 0 Å². The second-order valence-electron chi connectivity index (χ2n) is 5.91. The fraction of sp³-hybridized carbons (Fsp3) is 0.375. The summed E-state index contributed by atoms with van der Waals surface area (Å²) in [5.41, 5.74) is 0.683. The van der Waals surface area contributed by atoms with E-state index in [4.69, 9.17) is 0 Å². The molecule has 23 heavy (non-hydrogen) atoms. The molecule has 0 atom stereocenters. The minimum absolute atomic E-state index is 0.0139. The van der Waals surface area contributed by atoms with Gasteiger partial charge in [-0.15, -0.1) is 0 Å². The smallest absolute Gasteiger partial charge is 0.310 e. The van der Waals surface area contributed by atoms with Crippen molar-refractivity contribution in [3.63, 3.8) is 0 Å². The predicted octanol–water partition coefficient (Wildman–Crippen LogP) is 1.91. The standard InChI is InChI=1S/C16H18N4O3/c21-14(8-16(15(22)23)6-3-7-16)19-13-5-2-1-4-12(13)9-20-11-17-10-18-20/h1-2,4-5,10-11H,3,6-9H2,(H,19,21)(H,22,23). The van der Waals surface area contributed by atoms with E-state index < -0.39 is 11.4 Å². The summed E-state index contributed by atoms with van der Waals surface area (Å²) in [5.74, 6) is -1.15. The summed E-state index contributed by atoms with van der Waals surface area (Å²) in [4.78, 5) is 27.5. The van der Waals surface area contributed by atoms with Crippen LogP contribution in [0, 0.1) is 5.41 Å². The molecule has 1 fully saturated rings. The normalized spacial score (nSPS) is 15.7. The van der Waals surface area contributed by atoms with Gasteiger partial charge in [-0.25, -0.2) is 9.67 Å². The fourth-order valence-electron chi connectivity index (χ4n) is 2.84. The molecule has 0 radical (unpaired) electrons. The summed E-state index contributed by atoms with van der Waals surface area (Å²) in [6.07, 6.45) is 5.07. The van der Waals surface area contributed by atoms with Crippen molar-refractivity contribution >= 4 is 17.6 Å². The van der Waals surface area contributed by atoms with E-state index in [9.17, 15) is 14.7 Å². The zero-order chi connectivity index (χ0) is 16.3. The lowest BCUT2D eigenvalue weighted by atomic mass is 9.66. The molecular formula is C16H18N4O3. The van der Waals surface area contributed by atoms with Crippen molar-refractivity contribution in [3.8, 4) is 0 Å². The summed E-state index contributed by atoms with van der Waals surface area (Å²) in [7, 11) is 0. The number of para-hydroxylation sites is 1. The van der Waals surface area contributed by atoms with E-state index in [1.54, 1.807) is 17.1 Å². The maximum atomic E-state index is 12.3. The van der Waals surface area contributed by atoms with Crippen LogP contribution in [0.4, 0.5) is 5.69 Å². The van der Waals surface area contributed by atoms with Crippen LogP contribution in [-0.4, -0.2) is 31.7 Å². The molecule has 0 bridgehead atoms. The van der Waals surface area contributed by atoms with Crippen molar-refractivity contribution in [2.75, 3.05) is 5.32 Å². The monoisotopic (exact) mass is 314 g/mol. The van der Waals surface area contributed by atoms with Gasteiger partial charge < -0.3 is 10.4 Å². The van der Waals surface area contributed by atoms with Gasteiger partial charge in [0.2, 0.25) is 5.91 Å². The fourth-order valence-corrected chi connectivity index (χ4v) is 2.84. The van der Waals surface area contributed by atoms with Crippen LogP contribution in [0.1, 0.15) is 31.2 Å². The number of amides is 1. The van der Waals surface area contributed by atoms with Crippen LogP contribution in [0.5, 0.6) is 0 Å². The highest BCUT2D eigenvalue weighted by Gasteiger charge is 2.45. The first-order valence-electron chi connectivity index (χ1n) is 7.53. The van der Waals surface area contributed by atoms with Crippen LogP contribution in [0.3, 0.4) is 0 Å². The van der Waals surface area contributed by atoms with E-state index in [1.807, 2.05) is 18.2 Å². The number of hydrogen-bond acceptors (Lipinski definition) is 4. The van der Waals surface area contributed by atoms with Crippen LogP contribution >= 0.6 is 0 Å². The van der Waals surface area contributed by atoms with Crippen LogP contribution in [0.2, 0.25) is 0 Å². The molecular weight excluding hydrogens is 296 g/mol. The Bertz CT molecular complexity index is 708. The molecule has 1 aromatic heterocycles. The topological polar surface area (TPSA) is 97.1 Å². The van der Waals surface area contributed by atoms with Crippen molar-refractivity contribution in [1.29, 1.82) is 0 Å². The number of nitrogens with one attached hydrogen (secondary N) is 1. The quantitative estimate of drug-likeness (QED) is 0.849. The number of aliphatic carboxylic acids is 1. The zero-order valence-electron chi connectivity index (χ0n) is 12.6. The lowest BCUT2D eigenvalue weighted by Gasteiger charge is -2.36. The highest BCUT2D eigenvalue weighted by atomic mass is 16.4. The molecule has 1 aromatic carbocycles. The summed E-state index contributed by atoms with van der Waals surface area (Å²) in [6, 6.07) is 7.41. The number of anilines is 1. The third-order valence-electron chi connectivity index (χ3n) is 4.35. The number of nitrogens with zero attached hydrogens (tertiary/aromatic N) is 3. The van der Waals surface area contributed by atoms with Gasteiger partial charge in [-0.3, -0.25) is 9.59 Å². The average Bonchev–Trinajstić information content (AvgIpc) is 2.97. The lowest BCUT2D eigenvalue weighted by molar-refractivity contribution is -0.157. The summed E-state index contributed by atoms with van der Waals surface area (Å²) >= 11 is 0. The first-order valence-corrected chi connectivity index (χ1v) is 7.53.